The summed E-state index contributed by atoms with van der Waals surface area (Å²) in [4.78, 5) is 12.1. The number of hydrogen-bond donors (Lipinski definition) is 1. The van der Waals surface area contributed by atoms with E-state index >= 15 is 0 Å². The molecule has 3 aromatic rings. The van der Waals surface area contributed by atoms with Crippen LogP contribution in [0.25, 0.3) is 10.8 Å². The van der Waals surface area contributed by atoms with Crippen molar-refractivity contribution in [3.8, 4) is 11.8 Å². The second-order valence-corrected chi connectivity index (χ2v) is 5.82. The molecule has 0 fully saturated rings. The van der Waals surface area contributed by atoms with Crippen LogP contribution in [0.5, 0.6) is 5.75 Å². The third-order valence-electron chi connectivity index (χ3n) is 4.01. The zero-order valence-corrected chi connectivity index (χ0v) is 13.9. The molecule has 0 aliphatic rings. The van der Waals surface area contributed by atoms with Gasteiger partial charge in [0.15, 0.2) is 6.61 Å². The Morgan fingerprint density at radius 2 is 1.80 bits per heavy atom. The van der Waals surface area contributed by atoms with E-state index < -0.39 is 0 Å². The van der Waals surface area contributed by atoms with Crippen LogP contribution < -0.4 is 10.1 Å². The van der Waals surface area contributed by atoms with E-state index in [2.05, 4.69) is 11.4 Å². The standard InChI is InChI=1S/C21H18N2O2/c1-15(17-8-6-16(13-22)7-9-17)23-21(24)14-25-20-11-10-18-4-2-3-5-19(18)12-20/h2-12,15H,14H2,1H3,(H,23,24). The van der Waals surface area contributed by atoms with Crippen LogP contribution in [0, 0.1) is 11.3 Å². The van der Waals surface area contributed by atoms with E-state index in [9.17, 15) is 4.79 Å². The molecule has 0 heterocycles. The number of benzene rings is 3. The number of nitrogens with zero attached hydrogens (tertiary/aromatic N) is 1. The summed E-state index contributed by atoms with van der Waals surface area (Å²) in [6.45, 7) is 1.86. The average molecular weight is 330 g/mol. The van der Waals surface area contributed by atoms with Crippen molar-refractivity contribution in [3.05, 3.63) is 77.9 Å². The molecule has 0 saturated heterocycles. The van der Waals surface area contributed by atoms with Crippen molar-refractivity contribution in [3.63, 3.8) is 0 Å². The summed E-state index contributed by atoms with van der Waals surface area (Å²) >= 11 is 0. The van der Waals surface area contributed by atoms with Gasteiger partial charge in [-0.05, 0) is 47.5 Å². The maximum absolute atomic E-state index is 12.1. The summed E-state index contributed by atoms with van der Waals surface area (Å²) in [6.07, 6.45) is 0. The van der Waals surface area contributed by atoms with Crippen LogP contribution in [0.4, 0.5) is 0 Å². The smallest absolute Gasteiger partial charge is 0.258 e. The van der Waals surface area contributed by atoms with E-state index in [4.69, 9.17) is 10.00 Å². The number of ether oxygens (including phenoxy) is 1. The molecule has 1 atom stereocenters. The Labute approximate surface area is 146 Å². The quantitative estimate of drug-likeness (QED) is 0.770. The molecule has 0 radical (unpaired) electrons. The number of amides is 1. The molecule has 1 amide bonds. The summed E-state index contributed by atoms with van der Waals surface area (Å²) in [5, 5.41) is 13.9. The molecule has 0 aromatic heterocycles. The Kier molecular flexibility index (Phi) is 4.96. The summed E-state index contributed by atoms with van der Waals surface area (Å²) in [6, 6.07) is 22.8. The summed E-state index contributed by atoms with van der Waals surface area (Å²) in [5.74, 6) is 0.477. The highest BCUT2D eigenvalue weighted by molar-refractivity contribution is 5.84. The monoisotopic (exact) mass is 330 g/mol. The fourth-order valence-corrected chi connectivity index (χ4v) is 2.62. The molecule has 0 spiro atoms. The minimum atomic E-state index is -0.190. The lowest BCUT2D eigenvalue weighted by atomic mass is 10.1. The predicted molar refractivity (Wildman–Crippen MR) is 97.2 cm³/mol. The second kappa shape index (κ2) is 7.50. The molecule has 25 heavy (non-hydrogen) atoms. The van der Waals surface area contributed by atoms with Crippen molar-refractivity contribution in [2.24, 2.45) is 0 Å². The summed E-state index contributed by atoms with van der Waals surface area (Å²) in [5.41, 5.74) is 1.54. The highest BCUT2D eigenvalue weighted by atomic mass is 16.5. The lowest BCUT2D eigenvalue weighted by Crippen LogP contribution is -2.31. The molecular formula is C21H18N2O2. The highest BCUT2D eigenvalue weighted by Crippen LogP contribution is 2.20. The Morgan fingerprint density at radius 1 is 1.08 bits per heavy atom. The zero-order chi connectivity index (χ0) is 17.6. The van der Waals surface area contributed by atoms with Gasteiger partial charge in [-0.1, -0.05) is 42.5 Å². The molecule has 4 nitrogen and oxygen atoms in total. The van der Waals surface area contributed by atoms with E-state index in [1.165, 1.54) is 0 Å². The van der Waals surface area contributed by atoms with Crippen molar-refractivity contribution < 1.29 is 9.53 Å². The van der Waals surface area contributed by atoms with E-state index in [0.29, 0.717) is 11.3 Å². The Balaban J connectivity index is 1.57. The van der Waals surface area contributed by atoms with Crippen molar-refractivity contribution in [2.75, 3.05) is 6.61 Å². The van der Waals surface area contributed by atoms with Crippen molar-refractivity contribution in [1.29, 1.82) is 5.26 Å². The topological polar surface area (TPSA) is 62.1 Å². The lowest BCUT2D eigenvalue weighted by Gasteiger charge is -2.15. The van der Waals surface area contributed by atoms with E-state index in [-0.39, 0.29) is 18.6 Å². The zero-order valence-electron chi connectivity index (χ0n) is 13.9. The molecule has 124 valence electrons. The maximum Gasteiger partial charge on any atom is 0.258 e. The van der Waals surface area contributed by atoms with Gasteiger partial charge in [-0.15, -0.1) is 0 Å². The molecule has 1 unspecified atom stereocenters. The Morgan fingerprint density at radius 3 is 2.52 bits per heavy atom. The fourth-order valence-electron chi connectivity index (χ4n) is 2.62. The lowest BCUT2D eigenvalue weighted by molar-refractivity contribution is -0.123. The maximum atomic E-state index is 12.1. The number of rotatable bonds is 5. The van der Waals surface area contributed by atoms with Gasteiger partial charge in [0.2, 0.25) is 0 Å². The minimum absolute atomic E-state index is 0.0427. The molecule has 3 aromatic carbocycles. The molecule has 0 saturated carbocycles. The molecule has 0 aliphatic heterocycles. The van der Waals surface area contributed by atoms with Crippen LogP contribution in [0.15, 0.2) is 66.7 Å². The van der Waals surface area contributed by atoms with Crippen LogP contribution in [-0.4, -0.2) is 12.5 Å². The fraction of sp³-hybridized carbons (Fsp3) is 0.143. The normalized spacial score (nSPS) is 11.5. The molecule has 0 aliphatic carbocycles. The first kappa shape index (κ1) is 16.5. The van der Waals surface area contributed by atoms with Gasteiger partial charge in [0.25, 0.3) is 5.91 Å². The number of nitrogens with one attached hydrogen (secondary N) is 1. The Hall–Kier alpha value is -3.32. The third-order valence-corrected chi connectivity index (χ3v) is 4.01. The molecule has 4 heteroatoms. The summed E-state index contributed by atoms with van der Waals surface area (Å²) in [7, 11) is 0. The first-order valence-corrected chi connectivity index (χ1v) is 8.07. The molecular weight excluding hydrogens is 312 g/mol. The number of carbonyl (C=O) groups excluding carboxylic acids is 1. The number of carbonyl (C=O) groups is 1. The van der Waals surface area contributed by atoms with Gasteiger partial charge in [0.05, 0.1) is 17.7 Å². The average Bonchev–Trinajstić information content (AvgIpc) is 2.66. The van der Waals surface area contributed by atoms with Gasteiger partial charge < -0.3 is 10.1 Å². The van der Waals surface area contributed by atoms with Gasteiger partial charge in [0.1, 0.15) is 5.75 Å². The van der Waals surface area contributed by atoms with E-state index in [0.717, 1.165) is 16.3 Å². The van der Waals surface area contributed by atoms with Crippen molar-refractivity contribution in [1.82, 2.24) is 5.32 Å². The van der Waals surface area contributed by atoms with Crippen LogP contribution in [0.2, 0.25) is 0 Å². The van der Waals surface area contributed by atoms with Crippen LogP contribution in [0.1, 0.15) is 24.1 Å². The van der Waals surface area contributed by atoms with E-state index in [1.807, 2.05) is 61.5 Å². The molecule has 3 rings (SSSR count). The SMILES string of the molecule is CC(NC(=O)COc1ccc2ccccc2c1)c1ccc(C#N)cc1. The van der Waals surface area contributed by atoms with Gasteiger partial charge >= 0.3 is 0 Å². The first-order chi connectivity index (χ1) is 12.2. The van der Waals surface area contributed by atoms with E-state index in [1.54, 1.807) is 12.1 Å². The van der Waals surface area contributed by atoms with Gasteiger partial charge in [-0.2, -0.15) is 5.26 Å². The third kappa shape index (κ3) is 4.15. The first-order valence-electron chi connectivity index (χ1n) is 8.07. The molecule has 0 bridgehead atoms. The summed E-state index contributed by atoms with van der Waals surface area (Å²) < 4.78 is 5.59. The van der Waals surface area contributed by atoms with Crippen LogP contribution in [0.3, 0.4) is 0 Å². The largest absolute Gasteiger partial charge is 0.484 e. The Bertz CT molecular complexity index is 927. The highest BCUT2D eigenvalue weighted by Gasteiger charge is 2.10. The van der Waals surface area contributed by atoms with Gasteiger partial charge in [0, 0.05) is 0 Å². The van der Waals surface area contributed by atoms with Crippen molar-refractivity contribution in [2.45, 2.75) is 13.0 Å². The van der Waals surface area contributed by atoms with Gasteiger partial charge in [-0.25, -0.2) is 0 Å². The van der Waals surface area contributed by atoms with Crippen LogP contribution >= 0.6 is 0 Å². The van der Waals surface area contributed by atoms with Crippen molar-refractivity contribution >= 4 is 16.7 Å². The van der Waals surface area contributed by atoms with Gasteiger partial charge in [-0.3, -0.25) is 4.79 Å². The molecule has 1 N–H and O–H groups in total. The van der Waals surface area contributed by atoms with Crippen LogP contribution in [-0.2, 0) is 4.79 Å². The number of nitriles is 1. The number of fused-ring (bicyclic) bond motifs is 1. The predicted octanol–water partition coefficient (Wildman–Crippen LogP) is 3.97. The minimum Gasteiger partial charge on any atom is -0.484 e. The number of hydrogen-bond acceptors (Lipinski definition) is 3. The second-order valence-electron chi connectivity index (χ2n) is 5.82.